The number of nitrogens with zero attached hydrogens (tertiary/aromatic N) is 1. The van der Waals surface area contributed by atoms with E-state index in [1.54, 1.807) is 0 Å². The maximum atomic E-state index is 12.9. The predicted molar refractivity (Wildman–Crippen MR) is 345 cm³/mol. The van der Waals surface area contributed by atoms with Gasteiger partial charge in [0.15, 0.2) is 6.10 Å². The number of ether oxygens (including phenoxy) is 4. The van der Waals surface area contributed by atoms with Gasteiger partial charge in [0.25, 0.3) is 6.29 Å². The first kappa shape index (κ1) is 76.7. The third-order valence-electron chi connectivity index (χ3n) is 13.7. The highest BCUT2D eigenvalue weighted by Gasteiger charge is 2.25. The molecule has 1 N–H and O–H groups in total. The quantitative estimate of drug-likeness (QED) is 0.0211. The molecular weight excluding hydrogens is 1010 g/mol. The second kappa shape index (κ2) is 61.8. The van der Waals surface area contributed by atoms with Gasteiger partial charge >= 0.3 is 17.9 Å². The molecule has 0 radical (unpaired) electrons. The van der Waals surface area contributed by atoms with Crippen molar-refractivity contribution >= 4 is 17.9 Å². The molecular formula is C72H122NO8+. The summed E-state index contributed by atoms with van der Waals surface area (Å²) >= 11 is 0. The SMILES string of the molecule is CC/C=C\C/C=C\C/C=C\C/C=C\C/C=C\C/C=C\C/C=C\C/C=C\CCCCCCCCCCCCCCCCCCC(=O)OC(COC(=O)CCCCCCC/C=C\C/C=C\CCCCC)COC(OCC[N+](C)(C)C)C(=O)O. The molecule has 0 saturated heterocycles. The number of carboxylic acids is 1. The molecule has 0 aliphatic heterocycles. The van der Waals surface area contributed by atoms with Crippen molar-refractivity contribution in [3.05, 3.63) is 122 Å². The number of carbonyl (C=O) groups is 3. The van der Waals surface area contributed by atoms with E-state index in [2.05, 4.69) is 135 Å². The van der Waals surface area contributed by atoms with Crippen molar-refractivity contribution in [3.63, 3.8) is 0 Å². The van der Waals surface area contributed by atoms with Crippen LogP contribution in [0.25, 0.3) is 0 Å². The minimum atomic E-state index is -1.52. The Kier molecular flexibility index (Phi) is 58.5. The lowest BCUT2D eigenvalue weighted by Crippen LogP contribution is -2.40. The maximum Gasteiger partial charge on any atom is 0.361 e. The van der Waals surface area contributed by atoms with Crippen LogP contribution in [-0.4, -0.2) is 87.4 Å². The third-order valence-corrected chi connectivity index (χ3v) is 13.7. The number of hydrogen-bond acceptors (Lipinski definition) is 7. The van der Waals surface area contributed by atoms with Crippen LogP contribution in [0.2, 0.25) is 0 Å². The zero-order chi connectivity index (χ0) is 59.1. The standard InChI is InChI=1S/C72H121NO8/c1-6-8-10-12-14-16-18-20-22-23-24-25-26-27-28-29-30-31-32-33-34-35-36-37-38-39-40-41-42-43-44-45-46-47-49-51-53-55-57-59-61-63-70(75)81-68(67-80-72(71(76)77)78-65-64-73(3,4)5)66-79-69(74)62-60-58-56-54-52-50-48-21-19-17-15-13-11-9-7-2/h8,10,14-17,20-22,24-25,27-28,30-31,33-34,36-37,48,68,72H,6-7,9,11-13,18-19,23,26,29,32,35,38-47,49-67H2,1-5H3/p+1/b10-8-,16-14-,17-15-,22-20-,25-24-,28-27-,31-30-,34-33-,37-36-,48-21-. The number of hydrogen-bond donors (Lipinski definition) is 1. The van der Waals surface area contributed by atoms with E-state index >= 15 is 0 Å². The smallest absolute Gasteiger partial charge is 0.361 e. The molecule has 9 nitrogen and oxygen atoms in total. The average Bonchev–Trinajstić information content (AvgIpc) is 3.44. The Bertz CT molecular complexity index is 1740. The molecule has 462 valence electrons. The topological polar surface area (TPSA) is 108 Å². The van der Waals surface area contributed by atoms with Crippen molar-refractivity contribution in [2.24, 2.45) is 0 Å². The Balaban J connectivity index is 4.05. The first-order valence-corrected chi connectivity index (χ1v) is 32.7. The number of likely N-dealkylation sites (N-methyl/N-ethyl adjacent to an activating group) is 1. The summed E-state index contributed by atoms with van der Waals surface area (Å²) < 4.78 is 22.9. The summed E-state index contributed by atoms with van der Waals surface area (Å²) in [5.41, 5.74) is 0. The number of rotatable bonds is 59. The van der Waals surface area contributed by atoms with Gasteiger partial charge < -0.3 is 28.5 Å². The van der Waals surface area contributed by atoms with Gasteiger partial charge in [-0.15, -0.1) is 0 Å². The Morgan fingerprint density at radius 1 is 0.383 bits per heavy atom. The zero-order valence-electron chi connectivity index (χ0n) is 52.7. The van der Waals surface area contributed by atoms with E-state index in [1.807, 2.05) is 21.1 Å². The van der Waals surface area contributed by atoms with Crippen LogP contribution in [0, 0.1) is 0 Å². The highest BCUT2D eigenvalue weighted by molar-refractivity contribution is 5.71. The molecule has 0 rings (SSSR count). The van der Waals surface area contributed by atoms with E-state index in [9.17, 15) is 19.5 Å². The monoisotopic (exact) mass is 1130 g/mol. The first-order chi connectivity index (χ1) is 39.6. The molecule has 0 fully saturated rings. The fourth-order valence-electron chi connectivity index (χ4n) is 8.71. The highest BCUT2D eigenvalue weighted by atomic mass is 16.7. The number of carbonyl (C=O) groups excluding carboxylic acids is 2. The molecule has 81 heavy (non-hydrogen) atoms. The summed E-state index contributed by atoms with van der Waals surface area (Å²) in [7, 11) is 5.96. The molecule has 0 bridgehead atoms. The van der Waals surface area contributed by atoms with E-state index < -0.39 is 24.3 Å². The van der Waals surface area contributed by atoms with E-state index in [4.69, 9.17) is 18.9 Å². The van der Waals surface area contributed by atoms with Crippen LogP contribution in [0.15, 0.2) is 122 Å². The van der Waals surface area contributed by atoms with Gasteiger partial charge in [-0.25, -0.2) is 4.79 Å². The van der Waals surface area contributed by atoms with E-state index in [0.29, 0.717) is 17.4 Å². The minimum Gasteiger partial charge on any atom is -0.477 e. The van der Waals surface area contributed by atoms with Crippen molar-refractivity contribution in [3.8, 4) is 0 Å². The van der Waals surface area contributed by atoms with E-state index in [1.165, 1.54) is 116 Å². The average molecular weight is 1130 g/mol. The molecule has 0 spiro atoms. The number of carboxylic acid groups (broad SMARTS) is 1. The lowest BCUT2D eigenvalue weighted by atomic mass is 10.0. The molecule has 0 aliphatic rings. The van der Waals surface area contributed by atoms with Crippen LogP contribution >= 0.6 is 0 Å². The second-order valence-corrected chi connectivity index (χ2v) is 22.7. The molecule has 9 heteroatoms. The summed E-state index contributed by atoms with van der Waals surface area (Å²) in [5, 5.41) is 9.71. The molecule has 0 saturated carbocycles. The molecule has 0 heterocycles. The summed E-state index contributed by atoms with van der Waals surface area (Å²) in [4.78, 5) is 37.4. The lowest BCUT2D eigenvalue weighted by molar-refractivity contribution is -0.870. The van der Waals surface area contributed by atoms with Crippen LogP contribution in [0.4, 0.5) is 0 Å². The van der Waals surface area contributed by atoms with Gasteiger partial charge in [-0.3, -0.25) is 9.59 Å². The molecule has 0 aromatic rings. The number of unbranched alkanes of at least 4 members (excludes halogenated alkanes) is 24. The van der Waals surface area contributed by atoms with Gasteiger partial charge in [0.1, 0.15) is 13.2 Å². The normalized spacial score (nSPS) is 13.5. The van der Waals surface area contributed by atoms with Crippen molar-refractivity contribution in [1.29, 1.82) is 0 Å². The number of allylic oxidation sites excluding steroid dienone is 20. The summed E-state index contributed by atoms with van der Waals surface area (Å²) in [6.07, 6.45) is 84.5. The van der Waals surface area contributed by atoms with Gasteiger partial charge in [-0.1, -0.05) is 257 Å². The van der Waals surface area contributed by atoms with Crippen LogP contribution in [-0.2, 0) is 33.3 Å². The second-order valence-electron chi connectivity index (χ2n) is 22.7. The zero-order valence-corrected chi connectivity index (χ0v) is 52.7. The van der Waals surface area contributed by atoms with Crippen LogP contribution in [0.1, 0.15) is 258 Å². The van der Waals surface area contributed by atoms with Crippen molar-refractivity contribution in [1.82, 2.24) is 0 Å². The molecule has 0 aliphatic carbocycles. The Hall–Kier alpha value is -4.31. The summed E-state index contributed by atoms with van der Waals surface area (Å²) in [6, 6.07) is 0. The van der Waals surface area contributed by atoms with Crippen molar-refractivity contribution in [2.45, 2.75) is 270 Å². The predicted octanol–water partition coefficient (Wildman–Crippen LogP) is 20.0. The largest absolute Gasteiger partial charge is 0.477 e. The molecule has 0 aromatic carbocycles. The first-order valence-electron chi connectivity index (χ1n) is 32.7. The molecule has 2 unspecified atom stereocenters. The fourth-order valence-corrected chi connectivity index (χ4v) is 8.71. The maximum absolute atomic E-state index is 12.9. The highest BCUT2D eigenvalue weighted by Crippen LogP contribution is 2.16. The molecule has 2 atom stereocenters. The van der Waals surface area contributed by atoms with E-state index in [0.717, 1.165) is 109 Å². The van der Waals surface area contributed by atoms with Gasteiger partial charge in [-0.05, 0) is 109 Å². The van der Waals surface area contributed by atoms with Gasteiger partial charge in [0.2, 0.25) is 0 Å². The van der Waals surface area contributed by atoms with Gasteiger partial charge in [0, 0.05) is 12.8 Å². The lowest BCUT2D eigenvalue weighted by Gasteiger charge is -2.25. The number of quaternary nitrogens is 1. The van der Waals surface area contributed by atoms with Crippen molar-refractivity contribution < 1.29 is 42.9 Å². The van der Waals surface area contributed by atoms with Gasteiger partial charge in [0.05, 0.1) is 34.4 Å². The Morgan fingerprint density at radius 3 is 1.05 bits per heavy atom. The summed E-state index contributed by atoms with van der Waals surface area (Å²) in [5.74, 6) is -2.03. The minimum absolute atomic E-state index is 0.182. The number of esters is 2. The fraction of sp³-hybridized carbons (Fsp3) is 0.681. The van der Waals surface area contributed by atoms with Crippen LogP contribution < -0.4 is 0 Å². The molecule has 0 amide bonds. The summed E-state index contributed by atoms with van der Waals surface area (Å²) in [6.45, 7) is 4.72. The Labute approximate surface area is 497 Å². The van der Waals surface area contributed by atoms with Crippen LogP contribution in [0.3, 0.4) is 0 Å². The number of aliphatic carboxylic acids is 1. The Morgan fingerprint density at radius 2 is 0.704 bits per heavy atom. The van der Waals surface area contributed by atoms with E-state index in [-0.39, 0.29) is 38.6 Å². The van der Waals surface area contributed by atoms with Crippen molar-refractivity contribution in [2.75, 3.05) is 47.5 Å². The molecule has 0 aromatic heterocycles. The third kappa shape index (κ3) is 63.1. The van der Waals surface area contributed by atoms with Crippen LogP contribution in [0.5, 0.6) is 0 Å². The van der Waals surface area contributed by atoms with Gasteiger partial charge in [-0.2, -0.15) is 0 Å².